The van der Waals surface area contributed by atoms with E-state index in [1.165, 1.54) is 12.1 Å². The average Bonchev–Trinajstić information content (AvgIpc) is 2.98. The Kier molecular flexibility index (Phi) is 6.08. The Morgan fingerprint density at radius 2 is 2.00 bits per heavy atom. The van der Waals surface area contributed by atoms with E-state index in [-0.39, 0.29) is 21.2 Å². The number of benzene rings is 1. The first-order valence-corrected chi connectivity index (χ1v) is 8.72. The predicted molar refractivity (Wildman–Crippen MR) is 103 cm³/mol. The SMILES string of the molecule is Cc1ccc([N+](=O)[O-])cc1NC(=O)C(=O)CC(=O)c1sc(C(N)=S)nc1C. The Morgan fingerprint density at radius 3 is 2.56 bits per heavy atom. The predicted octanol–water partition coefficient (Wildman–Crippen LogP) is 2.08. The minimum Gasteiger partial charge on any atom is -0.387 e. The van der Waals surface area contributed by atoms with E-state index < -0.39 is 28.8 Å². The number of amides is 1. The van der Waals surface area contributed by atoms with Crippen LogP contribution in [0.4, 0.5) is 11.4 Å². The maximum atomic E-state index is 12.3. The molecule has 0 saturated heterocycles. The van der Waals surface area contributed by atoms with Crippen LogP contribution >= 0.6 is 23.6 Å². The number of carbonyl (C=O) groups excluding carboxylic acids is 3. The fourth-order valence-electron chi connectivity index (χ4n) is 2.12. The van der Waals surface area contributed by atoms with Gasteiger partial charge >= 0.3 is 0 Å². The second kappa shape index (κ2) is 8.10. The van der Waals surface area contributed by atoms with Gasteiger partial charge in [-0.2, -0.15) is 0 Å². The van der Waals surface area contributed by atoms with Crippen molar-refractivity contribution in [2.24, 2.45) is 5.73 Å². The number of nitrogens with two attached hydrogens (primary N) is 1. The lowest BCUT2D eigenvalue weighted by Gasteiger charge is -2.07. The third kappa shape index (κ3) is 4.77. The first-order valence-electron chi connectivity index (χ1n) is 7.49. The molecule has 0 radical (unpaired) electrons. The molecule has 0 fully saturated rings. The highest BCUT2D eigenvalue weighted by Crippen LogP contribution is 2.23. The van der Waals surface area contributed by atoms with Gasteiger partial charge in [-0.05, 0) is 19.4 Å². The van der Waals surface area contributed by atoms with Crippen LogP contribution in [0.25, 0.3) is 0 Å². The van der Waals surface area contributed by atoms with Crippen LogP contribution in [0.3, 0.4) is 0 Å². The van der Waals surface area contributed by atoms with Crippen molar-refractivity contribution in [1.29, 1.82) is 0 Å². The number of hydrogen-bond acceptors (Lipinski definition) is 8. The Bertz CT molecular complexity index is 983. The van der Waals surface area contributed by atoms with E-state index >= 15 is 0 Å². The molecule has 0 atom stereocenters. The van der Waals surface area contributed by atoms with Crippen LogP contribution in [0, 0.1) is 24.0 Å². The molecule has 1 heterocycles. The first kappa shape index (κ1) is 20.3. The lowest BCUT2D eigenvalue weighted by atomic mass is 10.1. The molecule has 2 aromatic rings. The number of aryl methyl sites for hydroxylation is 2. The number of anilines is 1. The van der Waals surface area contributed by atoms with E-state index in [9.17, 15) is 24.5 Å². The maximum Gasteiger partial charge on any atom is 0.292 e. The molecule has 0 saturated carbocycles. The van der Waals surface area contributed by atoms with Crippen LogP contribution < -0.4 is 11.1 Å². The molecule has 0 aliphatic heterocycles. The molecule has 1 aromatic heterocycles. The molecule has 0 aliphatic rings. The summed E-state index contributed by atoms with van der Waals surface area (Å²) in [5, 5.41) is 13.4. The number of non-ortho nitro benzene ring substituents is 1. The number of rotatable bonds is 7. The summed E-state index contributed by atoms with van der Waals surface area (Å²) >= 11 is 5.76. The Hall–Kier alpha value is -3.05. The fraction of sp³-hybridized carbons (Fsp3) is 0.188. The summed E-state index contributed by atoms with van der Waals surface area (Å²) in [6, 6.07) is 3.87. The number of aromatic nitrogens is 1. The van der Waals surface area contributed by atoms with Gasteiger partial charge in [0.2, 0.25) is 5.78 Å². The molecule has 3 N–H and O–H groups in total. The van der Waals surface area contributed by atoms with Gasteiger partial charge in [0, 0.05) is 12.1 Å². The molecule has 140 valence electrons. The zero-order valence-electron chi connectivity index (χ0n) is 14.3. The number of nitro groups is 1. The first-order chi connectivity index (χ1) is 12.6. The van der Waals surface area contributed by atoms with Gasteiger partial charge in [0.05, 0.1) is 27.6 Å². The molecule has 27 heavy (non-hydrogen) atoms. The minimum absolute atomic E-state index is 0.0346. The Balaban J connectivity index is 2.11. The van der Waals surface area contributed by atoms with Crippen molar-refractivity contribution in [3.8, 4) is 0 Å². The largest absolute Gasteiger partial charge is 0.387 e. The quantitative estimate of drug-likeness (QED) is 0.177. The van der Waals surface area contributed by atoms with E-state index in [2.05, 4.69) is 10.3 Å². The van der Waals surface area contributed by atoms with Crippen LogP contribution in [0.15, 0.2) is 18.2 Å². The highest BCUT2D eigenvalue weighted by atomic mass is 32.1. The lowest BCUT2D eigenvalue weighted by molar-refractivity contribution is -0.384. The number of ketones is 2. The number of nitro benzene ring substituents is 1. The molecular weight excluding hydrogens is 392 g/mol. The normalized spacial score (nSPS) is 10.3. The van der Waals surface area contributed by atoms with Crippen molar-refractivity contribution in [3.05, 3.63) is 49.5 Å². The summed E-state index contributed by atoms with van der Waals surface area (Å²) in [7, 11) is 0. The molecule has 0 bridgehead atoms. The molecule has 0 unspecified atom stereocenters. The summed E-state index contributed by atoms with van der Waals surface area (Å²) < 4.78 is 0. The van der Waals surface area contributed by atoms with Crippen molar-refractivity contribution in [1.82, 2.24) is 4.98 Å². The number of carbonyl (C=O) groups is 3. The van der Waals surface area contributed by atoms with Crippen LogP contribution in [0.2, 0.25) is 0 Å². The zero-order chi connectivity index (χ0) is 20.3. The number of hydrogen-bond donors (Lipinski definition) is 2. The second-order valence-electron chi connectivity index (χ2n) is 5.53. The highest BCUT2D eigenvalue weighted by Gasteiger charge is 2.23. The van der Waals surface area contributed by atoms with E-state index in [0.29, 0.717) is 16.3 Å². The molecule has 1 amide bonds. The van der Waals surface area contributed by atoms with Crippen molar-refractivity contribution >= 4 is 57.4 Å². The van der Waals surface area contributed by atoms with Gasteiger partial charge in [0.1, 0.15) is 4.99 Å². The summed E-state index contributed by atoms with van der Waals surface area (Å²) in [6.07, 6.45) is -0.667. The number of nitrogens with one attached hydrogen (secondary N) is 1. The van der Waals surface area contributed by atoms with Gasteiger partial charge in [-0.25, -0.2) is 4.98 Å². The van der Waals surface area contributed by atoms with Gasteiger partial charge < -0.3 is 11.1 Å². The number of thiazole rings is 1. The summed E-state index contributed by atoms with van der Waals surface area (Å²) in [6.45, 7) is 3.19. The molecule has 0 aliphatic carbocycles. The Labute approximate surface area is 162 Å². The van der Waals surface area contributed by atoms with Crippen LogP contribution in [0.1, 0.15) is 32.4 Å². The fourth-order valence-corrected chi connectivity index (χ4v) is 3.14. The van der Waals surface area contributed by atoms with Crippen molar-refractivity contribution < 1.29 is 19.3 Å². The standard InChI is InChI=1S/C16H14N4O5S2/c1-7-3-4-9(20(24)25)5-10(7)19-15(23)12(22)6-11(21)13-8(2)18-16(27-13)14(17)26/h3-5H,6H2,1-2H3,(H2,17,26)(H,19,23). The van der Waals surface area contributed by atoms with E-state index in [1.54, 1.807) is 13.8 Å². The van der Waals surface area contributed by atoms with E-state index in [1.807, 2.05) is 0 Å². The molecule has 2 rings (SSSR count). The smallest absolute Gasteiger partial charge is 0.292 e. The molecule has 11 heteroatoms. The van der Waals surface area contributed by atoms with E-state index in [4.69, 9.17) is 18.0 Å². The average molecular weight is 406 g/mol. The lowest BCUT2D eigenvalue weighted by Crippen LogP contribution is -2.25. The van der Waals surface area contributed by atoms with Crippen molar-refractivity contribution in [3.63, 3.8) is 0 Å². The van der Waals surface area contributed by atoms with E-state index in [0.717, 1.165) is 17.4 Å². The summed E-state index contributed by atoms with van der Waals surface area (Å²) in [5.74, 6) is -2.59. The van der Waals surface area contributed by atoms with Gasteiger partial charge in [0.25, 0.3) is 11.6 Å². The number of nitrogens with zero attached hydrogens (tertiary/aromatic N) is 2. The highest BCUT2D eigenvalue weighted by molar-refractivity contribution is 7.81. The number of thiocarbonyl (C=S) groups is 1. The third-order valence-corrected chi connectivity index (χ3v) is 5.07. The zero-order valence-corrected chi connectivity index (χ0v) is 15.9. The summed E-state index contributed by atoms with van der Waals surface area (Å²) in [4.78, 5) is 50.9. The minimum atomic E-state index is -1.04. The summed E-state index contributed by atoms with van der Waals surface area (Å²) in [5.41, 5.74) is 6.27. The van der Waals surface area contributed by atoms with Gasteiger partial charge in [0.15, 0.2) is 10.8 Å². The maximum absolute atomic E-state index is 12.3. The third-order valence-electron chi connectivity index (χ3n) is 3.52. The Morgan fingerprint density at radius 1 is 1.33 bits per heavy atom. The molecular formula is C16H14N4O5S2. The van der Waals surface area contributed by atoms with Crippen LogP contribution in [-0.2, 0) is 9.59 Å². The topological polar surface area (TPSA) is 145 Å². The number of Topliss-reactive ketones (excluding diaryl/α,β-unsaturated/α-hetero) is 2. The van der Waals surface area contributed by atoms with Gasteiger partial charge in [-0.3, -0.25) is 24.5 Å². The van der Waals surface area contributed by atoms with Crippen molar-refractivity contribution in [2.45, 2.75) is 20.3 Å². The van der Waals surface area contributed by atoms with Crippen LogP contribution in [0.5, 0.6) is 0 Å². The van der Waals surface area contributed by atoms with Crippen LogP contribution in [-0.4, -0.2) is 32.4 Å². The second-order valence-corrected chi connectivity index (χ2v) is 6.97. The van der Waals surface area contributed by atoms with Gasteiger partial charge in [-0.1, -0.05) is 18.3 Å². The molecule has 9 nitrogen and oxygen atoms in total. The monoisotopic (exact) mass is 406 g/mol. The molecule has 0 spiro atoms. The van der Waals surface area contributed by atoms with Gasteiger partial charge in [-0.15, -0.1) is 11.3 Å². The van der Waals surface area contributed by atoms with Crippen molar-refractivity contribution in [2.75, 3.05) is 5.32 Å². The molecule has 1 aromatic carbocycles.